The lowest BCUT2D eigenvalue weighted by Crippen LogP contribution is -2.31. The Bertz CT molecular complexity index is 467. The summed E-state index contributed by atoms with van der Waals surface area (Å²) >= 11 is 7.95. The minimum atomic E-state index is -0.132. The van der Waals surface area contributed by atoms with Crippen molar-refractivity contribution in [3.8, 4) is 5.75 Å². The SMILES string of the molecule is O=C(NCC1CCCC1CCl)c1ccc(I)c(O)c1. The van der Waals surface area contributed by atoms with Gasteiger partial charge in [0.25, 0.3) is 5.91 Å². The fourth-order valence-electron chi connectivity index (χ4n) is 2.57. The summed E-state index contributed by atoms with van der Waals surface area (Å²) in [5.74, 6) is 1.69. The Morgan fingerprint density at radius 3 is 2.84 bits per heavy atom. The summed E-state index contributed by atoms with van der Waals surface area (Å²) in [5.41, 5.74) is 0.498. The van der Waals surface area contributed by atoms with E-state index in [1.165, 1.54) is 12.5 Å². The third kappa shape index (κ3) is 3.75. The number of hydrogen-bond donors (Lipinski definition) is 2. The number of carbonyl (C=O) groups excluding carboxylic acids is 1. The number of carbonyl (C=O) groups is 1. The van der Waals surface area contributed by atoms with Crippen LogP contribution in [0.1, 0.15) is 29.6 Å². The van der Waals surface area contributed by atoms with Crippen LogP contribution in [-0.2, 0) is 0 Å². The molecule has 1 aliphatic rings. The van der Waals surface area contributed by atoms with Crippen LogP contribution in [0.15, 0.2) is 18.2 Å². The molecule has 0 heterocycles. The molecule has 104 valence electrons. The van der Waals surface area contributed by atoms with E-state index in [9.17, 15) is 9.90 Å². The van der Waals surface area contributed by atoms with Crippen molar-refractivity contribution >= 4 is 40.1 Å². The molecule has 0 radical (unpaired) electrons. The number of halogens is 2. The number of phenols is 1. The first-order valence-electron chi connectivity index (χ1n) is 6.44. The van der Waals surface area contributed by atoms with Crippen molar-refractivity contribution < 1.29 is 9.90 Å². The number of rotatable bonds is 4. The Balaban J connectivity index is 1.92. The summed E-state index contributed by atoms with van der Waals surface area (Å²) in [4.78, 5) is 12.0. The monoisotopic (exact) mass is 393 g/mol. The number of hydrogen-bond acceptors (Lipinski definition) is 2. The molecular weight excluding hydrogens is 377 g/mol. The maximum atomic E-state index is 12.0. The highest BCUT2D eigenvalue weighted by Crippen LogP contribution is 2.32. The van der Waals surface area contributed by atoms with Crippen molar-refractivity contribution in [3.05, 3.63) is 27.3 Å². The summed E-state index contributed by atoms with van der Waals surface area (Å²) < 4.78 is 0.743. The van der Waals surface area contributed by atoms with Gasteiger partial charge in [-0.3, -0.25) is 4.79 Å². The molecule has 2 N–H and O–H groups in total. The highest BCUT2D eigenvalue weighted by molar-refractivity contribution is 14.1. The van der Waals surface area contributed by atoms with Gasteiger partial charge in [0.2, 0.25) is 0 Å². The third-order valence-corrected chi connectivity index (χ3v) is 5.06. The van der Waals surface area contributed by atoms with Crippen LogP contribution < -0.4 is 5.32 Å². The lowest BCUT2D eigenvalue weighted by atomic mass is 9.98. The molecule has 0 aromatic heterocycles. The molecule has 1 aliphatic carbocycles. The van der Waals surface area contributed by atoms with E-state index in [2.05, 4.69) is 5.32 Å². The standard InChI is InChI=1S/C14H17ClINO2/c15-7-10-2-1-3-11(10)8-17-14(19)9-4-5-12(16)13(18)6-9/h4-6,10-11,18H,1-3,7-8H2,(H,17,19). The zero-order chi connectivity index (χ0) is 13.8. The summed E-state index contributed by atoms with van der Waals surface area (Å²) in [7, 11) is 0. The van der Waals surface area contributed by atoms with E-state index in [-0.39, 0.29) is 11.7 Å². The minimum absolute atomic E-state index is 0.132. The molecule has 2 rings (SSSR count). The second-order valence-electron chi connectivity index (χ2n) is 4.98. The lowest BCUT2D eigenvalue weighted by molar-refractivity contribution is 0.0944. The molecule has 1 aromatic rings. The van der Waals surface area contributed by atoms with Gasteiger partial charge in [0.15, 0.2) is 0 Å². The van der Waals surface area contributed by atoms with Gasteiger partial charge in [-0.2, -0.15) is 0 Å². The Morgan fingerprint density at radius 2 is 2.16 bits per heavy atom. The topological polar surface area (TPSA) is 49.3 Å². The summed E-state index contributed by atoms with van der Waals surface area (Å²) in [6.45, 7) is 0.670. The first-order chi connectivity index (χ1) is 9.11. The first kappa shape index (κ1) is 14.9. The molecule has 19 heavy (non-hydrogen) atoms. The molecule has 3 nitrogen and oxygen atoms in total. The molecule has 0 spiro atoms. The minimum Gasteiger partial charge on any atom is -0.507 e. The molecule has 0 aliphatic heterocycles. The maximum absolute atomic E-state index is 12.0. The summed E-state index contributed by atoms with van der Waals surface area (Å²) in [6.07, 6.45) is 3.49. The second-order valence-corrected chi connectivity index (χ2v) is 6.45. The van der Waals surface area contributed by atoms with Crippen molar-refractivity contribution in [2.75, 3.05) is 12.4 Å². The van der Waals surface area contributed by atoms with Crippen molar-refractivity contribution in [2.24, 2.45) is 11.8 Å². The van der Waals surface area contributed by atoms with Crippen LogP contribution >= 0.6 is 34.2 Å². The van der Waals surface area contributed by atoms with Gasteiger partial charge in [-0.25, -0.2) is 0 Å². The average Bonchev–Trinajstić information content (AvgIpc) is 2.86. The molecular formula is C14H17ClINO2. The van der Waals surface area contributed by atoms with Crippen LogP contribution in [-0.4, -0.2) is 23.4 Å². The average molecular weight is 394 g/mol. The predicted molar refractivity (Wildman–Crippen MR) is 84.7 cm³/mol. The Hall–Kier alpha value is -0.490. The number of nitrogens with one attached hydrogen (secondary N) is 1. The van der Waals surface area contributed by atoms with Crippen molar-refractivity contribution in [2.45, 2.75) is 19.3 Å². The van der Waals surface area contributed by atoms with Gasteiger partial charge in [0, 0.05) is 18.0 Å². The van der Waals surface area contributed by atoms with Crippen molar-refractivity contribution in [3.63, 3.8) is 0 Å². The quantitative estimate of drug-likeness (QED) is 0.608. The molecule has 2 atom stereocenters. The van der Waals surface area contributed by atoms with Gasteiger partial charge in [-0.1, -0.05) is 6.42 Å². The first-order valence-corrected chi connectivity index (χ1v) is 8.06. The molecule has 1 saturated carbocycles. The number of amides is 1. The molecule has 5 heteroatoms. The molecule has 2 unspecified atom stereocenters. The van der Waals surface area contributed by atoms with E-state index < -0.39 is 0 Å². The van der Waals surface area contributed by atoms with Crippen molar-refractivity contribution in [1.29, 1.82) is 0 Å². The highest BCUT2D eigenvalue weighted by atomic mass is 127. The van der Waals surface area contributed by atoms with Gasteiger partial charge >= 0.3 is 0 Å². The fourth-order valence-corrected chi connectivity index (χ4v) is 3.31. The van der Waals surface area contributed by atoms with Crippen LogP contribution in [0.3, 0.4) is 0 Å². The Labute approximate surface area is 131 Å². The van der Waals surface area contributed by atoms with E-state index in [0.717, 1.165) is 16.4 Å². The van der Waals surface area contributed by atoms with Crippen LogP contribution in [0.25, 0.3) is 0 Å². The fraction of sp³-hybridized carbons (Fsp3) is 0.500. The van der Waals surface area contributed by atoms with E-state index in [1.54, 1.807) is 12.1 Å². The molecule has 0 saturated heterocycles. The van der Waals surface area contributed by atoms with Gasteiger partial charge < -0.3 is 10.4 Å². The Kier molecular flexibility index (Phi) is 5.33. The third-order valence-electron chi connectivity index (χ3n) is 3.75. The summed E-state index contributed by atoms with van der Waals surface area (Å²) in [5, 5.41) is 12.5. The number of phenolic OH excluding ortho intramolecular Hbond substituents is 1. The number of benzene rings is 1. The number of alkyl halides is 1. The van der Waals surface area contributed by atoms with Crippen LogP contribution in [0.5, 0.6) is 5.75 Å². The molecule has 1 amide bonds. The zero-order valence-electron chi connectivity index (χ0n) is 10.5. The van der Waals surface area contributed by atoms with Crippen LogP contribution in [0.2, 0.25) is 0 Å². The van der Waals surface area contributed by atoms with E-state index in [1.807, 2.05) is 22.6 Å². The second kappa shape index (κ2) is 6.79. The van der Waals surface area contributed by atoms with Gasteiger partial charge in [0.05, 0.1) is 3.57 Å². The van der Waals surface area contributed by atoms with E-state index in [4.69, 9.17) is 11.6 Å². The highest BCUT2D eigenvalue weighted by Gasteiger charge is 2.26. The van der Waals surface area contributed by atoms with E-state index in [0.29, 0.717) is 29.8 Å². The largest absolute Gasteiger partial charge is 0.507 e. The predicted octanol–water partition coefficient (Wildman–Crippen LogP) is 3.38. The van der Waals surface area contributed by atoms with Gasteiger partial charge in [0.1, 0.15) is 5.75 Å². The van der Waals surface area contributed by atoms with Gasteiger partial charge in [-0.05, 0) is 65.5 Å². The molecule has 1 fully saturated rings. The molecule has 0 bridgehead atoms. The molecule has 1 aromatic carbocycles. The number of aromatic hydroxyl groups is 1. The zero-order valence-corrected chi connectivity index (χ0v) is 13.4. The lowest BCUT2D eigenvalue weighted by Gasteiger charge is -2.17. The van der Waals surface area contributed by atoms with Crippen LogP contribution in [0.4, 0.5) is 0 Å². The van der Waals surface area contributed by atoms with Crippen molar-refractivity contribution in [1.82, 2.24) is 5.32 Å². The maximum Gasteiger partial charge on any atom is 0.251 e. The summed E-state index contributed by atoms with van der Waals surface area (Å²) in [6, 6.07) is 4.97. The van der Waals surface area contributed by atoms with Crippen LogP contribution in [0, 0.1) is 15.4 Å². The van der Waals surface area contributed by atoms with Gasteiger partial charge in [-0.15, -0.1) is 11.6 Å². The smallest absolute Gasteiger partial charge is 0.251 e. The normalized spacial score (nSPS) is 22.4. The van der Waals surface area contributed by atoms with E-state index >= 15 is 0 Å². The Morgan fingerprint density at radius 1 is 1.42 bits per heavy atom.